The van der Waals surface area contributed by atoms with Gasteiger partial charge in [0.1, 0.15) is 0 Å². The summed E-state index contributed by atoms with van der Waals surface area (Å²) in [7, 11) is 0. The summed E-state index contributed by atoms with van der Waals surface area (Å²) in [5.41, 5.74) is 5.88. The molecule has 25 heavy (non-hydrogen) atoms. The smallest absolute Gasteiger partial charge is 0.338 e. The maximum Gasteiger partial charge on any atom is 0.338 e. The van der Waals surface area contributed by atoms with Gasteiger partial charge in [-0.2, -0.15) is 0 Å². The number of nitrogens with one attached hydrogen (secondary N) is 2. The average Bonchev–Trinajstić information content (AvgIpc) is 2.60. The van der Waals surface area contributed by atoms with E-state index in [9.17, 15) is 19.2 Å². The molecule has 2 aromatic carbocycles. The van der Waals surface area contributed by atoms with Crippen molar-refractivity contribution in [2.24, 2.45) is 5.73 Å². The van der Waals surface area contributed by atoms with Crippen LogP contribution in [0.15, 0.2) is 54.6 Å². The first-order chi connectivity index (χ1) is 12.0. The normalized spacial score (nSPS) is 9.76. The average molecular weight is 341 g/mol. The molecule has 0 atom stereocenters. The summed E-state index contributed by atoms with van der Waals surface area (Å²) in [6.07, 6.45) is 0. The molecule has 0 spiro atoms. The summed E-state index contributed by atoms with van der Waals surface area (Å²) in [6, 6.07) is 13.2. The first-order valence-electron chi connectivity index (χ1n) is 7.18. The second-order valence-corrected chi connectivity index (χ2v) is 4.89. The molecule has 2 aromatic rings. The minimum atomic E-state index is -0.743. The monoisotopic (exact) mass is 341 g/mol. The van der Waals surface area contributed by atoms with Crippen LogP contribution in [0.25, 0.3) is 0 Å². The highest BCUT2D eigenvalue weighted by Gasteiger charge is 2.13. The quantitative estimate of drug-likeness (QED) is 0.706. The molecular weight excluding hydrogens is 326 g/mol. The third-order valence-electron chi connectivity index (χ3n) is 3.01. The van der Waals surface area contributed by atoms with E-state index in [1.54, 1.807) is 30.3 Å². The highest BCUT2D eigenvalue weighted by molar-refractivity contribution is 6.05. The zero-order valence-electron chi connectivity index (χ0n) is 13.0. The SMILES string of the molecule is NC(=O)Nc1ccc(C(=O)OCC(=O)NC(=O)c2ccccc2)cc1. The molecule has 0 heterocycles. The number of primary amides is 1. The first-order valence-corrected chi connectivity index (χ1v) is 7.18. The number of urea groups is 1. The summed E-state index contributed by atoms with van der Waals surface area (Å²) < 4.78 is 4.83. The van der Waals surface area contributed by atoms with Gasteiger partial charge in [-0.1, -0.05) is 18.2 Å². The second kappa shape index (κ2) is 8.25. The zero-order valence-corrected chi connectivity index (χ0v) is 13.0. The van der Waals surface area contributed by atoms with Gasteiger partial charge in [0.15, 0.2) is 6.61 Å². The topological polar surface area (TPSA) is 128 Å². The van der Waals surface area contributed by atoms with E-state index in [0.29, 0.717) is 11.3 Å². The van der Waals surface area contributed by atoms with Gasteiger partial charge in [-0.05, 0) is 36.4 Å². The van der Waals surface area contributed by atoms with Crippen LogP contribution in [0.3, 0.4) is 0 Å². The van der Waals surface area contributed by atoms with Crippen LogP contribution in [0.5, 0.6) is 0 Å². The van der Waals surface area contributed by atoms with Gasteiger partial charge >= 0.3 is 12.0 Å². The Hall–Kier alpha value is -3.68. The molecule has 0 aliphatic rings. The summed E-state index contributed by atoms with van der Waals surface area (Å²) in [4.78, 5) is 46.0. The van der Waals surface area contributed by atoms with Crippen molar-refractivity contribution in [2.45, 2.75) is 0 Å². The molecule has 0 aromatic heterocycles. The molecule has 4 N–H and O–H groups in total. The molecule has 8 heteroatoms. The van der Waals surface area contributed by atoms with Gasteiger partial charge < -0.3 is 15.8 Å². The molecular formula is C17H15N3O5. The zero-order chi connectivity index (χ0) is 18.2. The van der Waals surface area contributed by atoms with Crippen molar-refractivity contribution in [2.75, 3.05) is 11.9 Å². The highest BCUT2D eigenvalue weighted by atomic mass is 16.5. The van der Waals surface area contributed by atoms with E-state index in [4.69, 9.17) is 10.5 Å². The van der Waals surface area contributed by atoms with E-state index in [1.165, 1.54) is 24.3 Å². The van der Waals surface area contributed by atoms with Crippen LogP contribution in [0.2, 0.25) is 0 Å². The van der Waals surface area contributed by atoms with Crippen LogP contribution < -0.4 is 16.4 Å². The molecule has 0 aliphatic carbocycles. The number of benzene rings is 2. The third kappa shape index (κ3) is 5.47. The molecule has 0 unspecified atom stereocenters. The molecule has 0 radical (unpaired) electrons. The first kappa shape index (κ1) is 17.7. The lowest BCUT2D eigenvalue weighted by Gasteiger charge is -2.07. The van der Waals surface area contributed by atoms with Gasteiger partial charge in [-0.25, -0.2) is 9.59 Å². The van der Waals surface area contributed by atoms with Gasteiger partial charge in [-0.3, -0.25) is 14.9 Å². The van der Waals surface area contributed by atoms with E-state index in [2.05, 4.69) is 10.6 Å². The fourth-order valence-electron chi connectivity index (χ4n) is 1.87. The van der Waals surface area contributed by atoms with Crippen LogP contribution in [-0.2, 0) is 9.53 Å². The molecule has 128 valence electrons. The molecule has 4 amide bonds. The summed E-state index contributed by atoms with van der Waals surface area (Å²) in [6.45, 7) is -0.599. The van der Waals surface area contributed by atoms with Crippen molar-refractivity contribution in [1.29, 1.82) is 0 Å². The molecule has 0 saturated heterocycles. The number of hydrogen-bond donors (Lipinski definition) is 3. The Balaban J connectivity index is 1.84. The number of nitrogens with two attached hydrogens (primary N) is 1. The number of ether oxygens (including phenoxy) is 1. The fourth-order valence-corrected chi connectivity index (χ4v) is 1.87. The largest absolute Gasteiger partial charge is 0.452 e. The number of amides is 4. The molecule has 2 rings (SSSR count). The fraction of sp³-hybridized carbons (Fsp3) is 0.0588. The maximum absolute atomic E-state index is 11.8. The van der Waals surface area contributed by atoms with Gasteiger partial charge in [0.05, 0.1) is 5.56 Å². The van der Waals surface area contributed by atoms with Crippen LogP contribution in [0, 0.1) is 0 Å². The standard InChI is InChI=1S/C17H15N3O5/c18-17(24)19-13-8-6-12(7-9-13)16(23)25-10-14(21)20-15(22)11-4-2-1-3-5-11/h1-9H,10H2,(H3,18,19,24)(H,20,21,22). The Morgan fingerprint density at radius 1 is 0.880 bits per heavy atom. The van der Waals surface area contributed by atoms with E-state index in [0.717, 1.165) is 0 Å². The number of imide groups is 1. The van der Waals surface area contributed by atoms with E-state index >= 15 is 0 Å². The number of anilines is 1. The predicted molar refractivity (Wildman–Crippen MR) is 88.8 cm³/mol. The summed E-state index contributed by atoms with van der Waals surface area (Å²) >= 11 is 0. The summed E-state index contributed by atoms with van der Waals surface area (Å²) in [5.74, 6) is -2.06. The molecule has 8 nitrogen and oxygen atoms in total. The number of hydrogen-bond acceptors (Lipinski definition) is 5. The van der Waals surface area contributed by atoms with Crippen LogP contribution in [0.4, 0.5) is 10.5 Å². The summed E-state index contributed by atoms with van der Waals surface area (Å²) in [5, 5.41) is 4.46. The third-order valence-corrected chi connectivity index (χ3v) is 3.01. The highest BCUT2D eigenvalue weighted by Crippen LogP contribution is 2.10. The van der Waals surface area contributed by atoms with Crippen LogP contribution >= 0.6 is 0 Å². The number of carbonyl (C=O) groups excluding carboxylic acids is 4. The Labute approximate surface area is 143 Å². The van der Waals surface area contributed by atoms with E-state index < -0.39 is 30.4 Å². The second-order valence-electron chi connectivity index (χ2n) is 4.89. The lowest BCUT2D eigenvalue weighted by Crippen LogP contribution is -2.34. The van der Waals surface area contributed by atoms with Gasteiger partial charge in [0, 0.05) is 11.3 Å². The van der Waals surface area contributed by atoms with Gasteiger partial charge in [-0.15, -0.1) is 0 Å². The minimum Gasteiger partial charge on any atom is -0.452 e. The Bertz CT molecular complexity index is 788. The van der Waals surface area contributed by atoms with Crippen molar-refractivity contribution < 1.29 is 23.9 Å². The molecule has 0 bridgehead atoms. The lowest BCUT2D eigenvalue weighted by atomic mass is 10.2. The Morgan fingerprint density at radius 3 is 2.12 bits per heavy atom. The molecule has 0 saturated carbocycles. The van der Waals surface area contributed by atoms with Crippen molar-refractivity contribution in [3.05, 3.63) is 65.7 Å². The van der Waals surface area contributed by atoms with Crippen LogP contribution in [-0.4, -0.2) is 30.4 Å². The Morgan fingerprint density at radius 2 is 1.52 bits per heavy atom. The van der Waals surface area contributed by atoms with Crippen molar-refractivity contribution in [3.8, 4) is 0 Å². The van der Waals surface area contributed by atoms with E-state index in [-0.39, 0.29) is 5.56 Å². The number of esters is 1. The van der Waals surface area contributed by atoms with E-state index in [1.807, 2.05) is 0 Å². The van der Waals surface area contributed by atoms with Gasteiger partial charge in [0.2, 0.25) is 0 Å². The maximum atomic E-state index is 11.8. The molecule has 0 aliphatic heterocycles. The van der Waals surface area contributed by atoms with Crippen molar-refractivity contribution >= 4 is 29.5 Å². The van der Waals surface area contributed by atoms with Gasteiger partial charge in [0.25, 0.3) is 11.8 Å². The van der Waals surface area contributed by atoms with Crippen molar-refractivity contribution in [1.82, 2.24) is 5.32 Å². The Kier molecular flexibility index (Phi) is 5.83. The number of rotatable bonds is 5. The lowest BCUT2D eigenvalue weighted by molar-refractivity contribution is -0.123. The predicted octanol–water partition coefficient (Wildman–Crippen LogP) is 1.29. The van der Waals surface area contributed by atoms with Crippen LogP contribution in [0.1, 0.15) is 20.7 Å². The minimum absolute atomic E-state index is 0.178. The van der Waals surface area contributed by atoms with Crippen molar-refractivity contribution in [3.63, 3.8) is 0 Å². The molecule has 0 fully saturated rings. The number of carbonyl (C=O) groups is 4.